The second kappa shape index (κ2) is 12.8. The number of fused-ring (bicyclic) bond motifs is 1. The van der Waals surface area contributed by atoms with E-state index in [1.807, 2.05) is 6.92 Å². The number of benzene rings is 3. The molecule has 1 amide bonds. The number of rotatable bonds is 10. The van der Waals surface area contributed by atoms with Gasteiger partial charge in [0, 0.05) is 24.0 Å². The van der Waals surface area contributed by atoms with Crippen LogP contribution in [0, 0.1) is 12.7 Å². The molecule has 15 heteroatoms. The van der Waals surface area contributed by atoms with Crippen LogP contribution in [0.25, 0.3) is 16.6 Å². The van der Waals surface area contributed by atoms with Crippen molar-refractivity contribution in [2.45, 2.75) is 6.92 Å². The summed E-state index contributed by atoms with van der Waals surface area (Å²) in [7, 11) is -2.70. The van der Waals surface area contributed by atoms with Gasteiger partial charge in [-0.25, -0.2) is 17.5 Å². The van der Waals surface area contributed by atoms with Crippen molar-refractivity contribution in [3.05, 3.63) is 89.5 Å². The molecule has 0 radical (unpaired) electrons. The molecule has 1 fully saturated rings. The lowest BCUT2D eigenvalue weighted by Gasteiger charge is -2.26. The van der Waals surface area contributed by atoms with Crippen LogP contribution < -0.4 is 19.9 Å². The first-order valence-electron chi connectivity index (χ1n) is 14.5. The summed E-state index contributed by atoms with van der Waals surface area (Å²) in [4.78, 5) is 30.6. The molecule has 244 valence electrons. The van der Waals surface area contributed by atoms with Gasteiger partial charge in [0.05, 0.1) is 49.2 Å². The molecule has 1 saturated heterocycles. The number of aromatic nitrogens is 3. The van der Waals surface area contributed by atoms with Gasteiger partial charge < -0.3 is 29.8 Å². The van der Waals surface area contributed by atoms with E-state index in [0.717, 1.165) is 0 Å². The Bertz CT molecular complexity index is 2100. The third-order valence-electron chi connectivity index (χ3n) is 7.64. The van der Waals surface area contributed by atoms with Gasteiger partial charge in [-0.2, -0.15) is 5.10 Å². The highest BCUT2D eigenvalue weighted by Gasteiger charge is 2.25. The summed E-state index contributed by atoms with van der Waals surface area (Å²) in [6, 6.07) is 15.8. The quantitative estimate of drug-likeness (QED) is 0.187. The first-order chi connectivity index (χ1) is 22.5. The fourth-order valence-corrected chi connectivity index (χ4v) is 6.33. The lowest BCUT2D eigenvalue weighted by Crippen LogP contribution is -2.44. The van der Waals surface area contributed by atoms with Gasteiger partial charge in [-0.3, -0.25) is 14.3 Å². The molecule has 0 aliphatic carbocycles. The number of nitrogens with zero attached hydrogens (tertiary/aromatic N) is 3. The fraction of sp³-hybridized carbons (Fsp3) is 0.219. The molecule has 3 heterocycles. The van der Waals surface area contributed by atoms with Crippen molar-refractivity contribution in [1.82, 2.24) is 19.7 Å². The van der Waals surface area contributed by atoms with Crippen LogP contribution in [0.15, 0.2) is 66.9 Å². The number of ether oxygens (including phenoxy) is 3. The molecule has 0 bridgehead atoms. The van der Waals surface area contributed by atoms with E-state index in [9.17, 15) is 22.4 Å². The standard InChI is InChI=1S/C32H31FN6O7S/c1-19-13-21(46-28-6-4-3-5-23(28)33)7-8-27(19)39-32(34)22(17-35-39)31(41)26-14-20-15-29(44-2)25(16-24(20)36-26)37-47(42,43)18-30(40)38-9-11-45-12-10-38/h3-8,13-17,36-37H,9-12,18,34H2,1-2H3. The molecule has 4 N–H and O–H groups in total. The molecule has 47 heavy (non-hydrogen) atoms. The maximum absolute atomic E-state index is 14.0. The Morgan fingerprint density at radius 2 is 1.85 bits per heavy atom. The SMILES string of the molecule is COc1cc2cc(C(=O)c3cnn(-c4ccc(Oc5ccccc5F)cc4C)c3N)[nH]c2cc1NS(=O)(=O)CC(=O)N1CCOCC1. The molecule has 0 spiro atoms. The van der Waals surface area contributed by atoms with Gasteiger partial charge in [0.1, 0.15) is 23.1 Å². The molecule has 3 aromatic carbocycles. The van der Waals surface area contributed by atoms with Crippen molar-refractivity contribution in [2.75, 3.05) is 49.6 Å². The van der Waals surface area contributed by atoms with E-state index in [1.165, 1.54) is 41.1 Å². The summed E-state index contributed by atoms with van der Waals surface area (Å²) in [5, 5.41) is 4.91. The van der Waals surface area contributed by atoms with Crippen molar-refractivity contribution in [2.24, 2.45) is 0 Å². The van der Waals surface area contributed by atoms with E-state index in [0.29, 0.717) is 54.2 Å². The van der Waals surface area contributed by atoms with Gasteiger partial charge in [-0.15, -0.1) is 0 Å². The number of morpholine rings is 1. The first kappa shape index (κ1) is 31.6. The Morgan fingerprint density at radius 3 is 2.57 bits per heavy atom. The number of para-hydroxylation sites is 1. The largest absolute Gasteiger partial charge is 0.495 e. The topological polar surface area (TPSA) is 171 Å². The van der Waals surface area contributed by atoms with Crippen molar-refractivity contribution >= 4 is 44.1 Å². The second-order valence-electron chi connectivity index (χ2n) is 10.8. The zero-order valence-electron chi connectivity index (χ0n) is 25.4. The summed E-state index contributed by atoms with van der Waals surface area (Å²) in [5.74, 6) is -1.42. The molecule has 6 rings (SSSR count). The number of hydrogen-bond donors (Lipinski definition) is 3. The Hall–Kier alpha value is -5.41. The van der Waals surface area contributed by atoms with Crippen LogP contribution in [-0.2, 0) is 19.6 Å². The number of nitrogen functional groups attached to an aromatic ring is 1. The second-order valence-corrected chi connectivity index (χ2v) is 12.6. The third-order valence-corrected chi connectivity index (χ3v) is 8.80. The number of aryl methyl sites for hydroxylation is 1. The number of aromatic amines is 1. The number of amides is 1. The fourth-order valence-electron chi connectivity index (χ4n) is 5.25. The molecule has 13 nitrogen and oxygen atoms in total. The van der Waals surface area contributed by atoms with Crippen molar-refractivity contribution in [3.63, 3.8) is 0 Å². The number of anilines is 2. The van der Waals surface area contributed by atoms with Gasteiger partial charge in [0.2, 0.25) is 21.7 Å². The summed E-state index contributed by atoms with van der Waals surface area (Å²) < 4.78 is 60.0. The average Bonchev–Trinajstić information content (AvgIpc) is 3.64. The predicted molar refractivity (Wildman–Crippen MR) is 172 cm³/mol. The highest BCUT2D eigenvalue weighted by molar-refractivity contribution is 7.93. The average molecular weight is 663 g/mol. The summed E-state index contributed by atoms with van der Waals surface area (Å²) in [5.41, 5.74) is 8.57. The molecule has 0 saturated carbocycles. The minimum Gasteiger partial charge on any atom is -0.495 e. The van der Waals surface area contributed by atoms with E-state index in [2.05, 4.69) is 14.8 Å². The van der Waals surface area contributed by atoms with Crippen LogP contribution >= 0.6 is 0 Å². The van der Waals surface area contributed by atoms with Crippen LogP contribution in [0.2, 0.25) is 0 Å². The number of methoxy groups -OCH3 is 1. The normalized spacial score (nSPS) is 13.5. The molecule has 0 unspecified atom stereocenters. The van der Waals surface area contributed by atoms with Crippen molar-refractivity contribution < 1.29 is 36.6 Å². The van der Waals surface area contributed by atoms with E-state index >= 15 is 0 Å². The summed E-state index contributed by atoms with van der Waals surface area (Å²) in [6.07, 6.45) is 1.36. The summed E-state index contributed by atoms with van der Waals surface area (Å²) >= 11 is 0. The van der Waals surface area contributed by atoms with Gasteiger partial charge >= 0.3 is 0 Å². The summed E-state index contributed by atoms with van der Waals surface area (Å²) in [6.45, 7) is 3.16. The first-order valence-corrected chi connectivity index (χ1v) is 16.2. The van der Waals surface area contributed by atoms with E-state index in [1.54, 1.807) is 42.5 Å². The van der Waals surface area contributed by atoms with Crippen LogP contribution in [0.3, 0.4) is 0 Å². The molecular weight excluding hydrogens is 631 g/mol. The zero-order chi connectivity index (χ0) is 33.3. The molecule has 5 aromatic rings. The van der Waals surface area contributed by atoms with Crippen LogP contribution in [0.4, 0.5) is 15.9 Å². The van der Waals surface area contributed by atoms with Gasteiger partial charge in [0.15, 0.2) is 11.6 Å². The van der Waals surface area contributed by atoms with Crippen molar-refractivity contribution in [3.8, 4) is 22.9 Å². The molecule has 1 aliphatic heterocycles. The number of carbonyl (C=O) groups excluding carboxylic acids is 2. The van der Waals surface area contributed by atoms with Crippen LogP contribution in [0.5, 0.6) is 17.2 Å². The lowest BCUT2D eigenvalue weighted by molar-refractivity contribution is -0.132. The number of hydrogen-bond acceptors (Lipinski definition) is 9. The van der Waals surface area contributed by atoms with Crippen molar-refractivity contribution in [1.29, 1.82) is 0 Å². The minimum absolute atomic E-state index is 0.0884. The maximum atomic E-state index is 14.0. The number of halogens is 1. The Labute approximate surface area is 269 Å². The number of nitrogens with one attached hydrogen (secondary N) is 2. The maximum Gasteiger partial charge on any atom is 0.241 e. The predicted octanol–water partition coefficient (Wildman–Crippen LogP) is 4.02. The Kier molecular flexibility index (Phi) is 8.58. The Balaban J connectivity index is 1.22. The number of sulfonamides is 1. The molecule has 0 atom stereocenters. The van der Waals surface area contributed by atoms with Gasteiger partial charge in [0.25, 0.3) is 0 Å². The third kappa shape index (κ3) is 6.62. The number of nitrogens with two attached hydrogens (primary N) is 1. The van der Waals surface area contributed by atoms with E-state index < -0.39 is 33.3 Å². The van der Waals surface area contributed by atoms with Crippen LogP contribution in [-0.4, -0.2) is 78.9 Å². The lowest BCUT2D eigenvalue weighted by atomic mass is 10.1. The highest BCUT2D eigenvalue weighted by atomic mass is 32.2. The highest BCUT2D eigenvalue weighted by Crippen LogP contribution is 2.33. The molecule has 2 aromatic heterocycles. The smallest absolute Gasteiger partial charge is 0.241 e. The molecule has 1 aliphatic rings. The minimum atomic E-state index is -4.09. The molecular formula is C32H31FN6O7S. The van der Waals surface area contributed by atoms with E-state index in [4.69, 9.17) is 19.9 Å². The number of ketones is 1. The van der Waals surface area contributed by atoms with Gasteiger partial charge in [-0.05, 0) is 61.0 Å². The number of H-pyrrole nitrogens is 1. The Morgan fingerprint density at radius 1 is 1.09 bits per heavy atom. The van der Waals surface area contributed by atoms with Crippen LogP contribution in [0.1, 0.15) is 21.6 Å². The monoisotopic (exact) mass is 662 g/mol. The van der Waals surface area contributed by atoms with E-state index in [-0.39, 0.29) is 34.3 Å². The zero-order valence-corrected chi connectivity index (χ0v) is 26.3. The van der Waals surface area contributed by atoms with Gasteiger partial charge in [-0.1, -0.05) is 12.1 Å². The number of carbonyl (C=O) groups is 2.